The SMILES string of the molecule is CNC(=O)N(C(=N)N)c1c(Cl)cc(OC(F)(F)F)cc1Cl. The molecule has 0 aliphatic heterocycles. The summed E-state index contributed by atoms with van der Waals surface area (Å²) in [7, 11) is 1.27. The average molecular weight is 345 g/mol. The molecule has 0 unspecified atom stereocenters. The minimum atomic E-state index is -4.92. The van der Waals surface area contributed by atoms with Crippen LogP contribution in [0.3, 0.4) is 0 Å². The van der Waals surface area contributed by atoms with Crippen LogP contribution >= 0.6 is 23.2 Å². The Bertz CT molecular complexity index is 557. The Balaban J connectivity index is 3.32. The van der Waals surface area contributed by atoms with Crippen LogP contribution in [0.15, 0.2) is 12.1 Å². The fourth-order valence-corrected chi connectivity index (χ4v) is 2.03. The number of amides is 2. The number of benzene rings is 1. The lowest BCUT2D eigenvalue weighted by atomic mass is 10.2. The molecule has 1 aromatic rings. The molecule has 21 heavy (non-hydrogen) atoms. The third-order valence-corrected chi connectivity index (χ3v) is 2.68. The second kappa shape index (κ2) is 6.27. The number of nitrogens with zero attached hydrogens (tertiary/aromatic N) is 1. The van der Waals surface area contributed by atoms with Crippen LogP contribution in [0.5, 0.6) is 5.75 Å². The molecule has 4 N–H and O–H groups in total. The van der Waals surface area contributed by atoms with Gasteiger partial charge in [-0.3, -0.25) is 5.41 Å². The van der Waals surface area contributed by atoms with E-state index < -0.39 is 24.1 Å². The highest BCUT2D eigenvalue weighted by Gasteiger charge is 2.32. The van der Waals surface area contributed by atoms with Crippen molar-refractivity contribution in [1.29, 1.82) is 5.41 Å². The Hall–Kier alpha value is -1.87. The van der Waals surface area contributed by atoms with E-state index in [2.05, 4.69) is 10.1 Å². The van der Waals surface area contributed by atoms with Crippen molar-refractivity contribution < 1.29 is 22.7 Å². The molecule has 0 saturated carbocycles. The fraction of sp³-hybridized carbons (Fsp3) is 0.200. The number of alkyl halides is 3. The second-order valence-corrected chi connectivity index (χ2v) is 4.37. The number of rotatable bonds is 2. The van der Waals surface area contributed by atoms with Gasteiger partial charge in [0.2, 0.25) is 5.96 Å². The van der Waals surface area contributed by atoms with Gasteiger partial charge in [0, 0.05) is 19.2 Å². The maximum Gasteiger partial charge on any atom is 0.573 e. The van der Waals surface area contributed by atoms with Crippen LogP contribution in [0.1, 0.15) is 0 Å². The van der Waals surface area contributed by atoms with Gasteiger partial charge in [-0.05, 0) is 0 Å². The number of nitrogens with one attached hydrogen (secondary N) is 2. The Morgan fingerprint density at radius 3 is 2.19 bits per heavy atom. The third-order valence-electron chi connectivity index (χ3n) is 2.11. The van der Waals surface area contributed by atoms with Gasteiger partial charge >= 0.3 is 12.4 Å². The van der Waals surface area contributed by atoms with Gasteiger partial charge in [0.1, 0.15) is 5.75 Å². The monoisotopic (exact) mass is 344 g/mol. The highest BCUT2D eigenvalue weighted by atomic mass is 35.5. The van der Waals surface area contributed by atoms with Gasteiger partial charge in [-0.15, -0.1) is 13.2 Å². The van der Waals surface area contributed by atoms with Crippen LogP contribution < -0.4 is 20.7 Å². The Morgan fingerprint density at radius 2 is 1.86 bits per heavy atom. The van der Waals surface area contributed by atoms with Crippen molar-refractivity contribution in [3.8, 4) is 5.75 Å². The van der Waals surface area contributed by atoms with Crippen LogP contribution in [0.25, 0.3) is 0 Å². The molecule has 0 heterocycles. The van der Waals surface area contributed by atoms with Gasteiger partial charge in [-0.2, -0.15) is 0 Å². The normalized spacial score (nSPS) is 11.0. The molecule has 0 aliphatic rings. The van der Waals surface area contributed by atoms with E-state index in [0.717, 1.165) is 12.1 Å². The first-order valence-corrected chi connectivity index (χ1v) is 5.93. The summed E-state index contributed by atoms with van der Waals surface area (Å²) in [5.74, 6) is -1.38. The standard InChI is InChI=1S/C10H9Cl2F3N4O2/c1-18-9(20)19(8(16)17)7-5(11)2-4(3-6(7)12)21-10(13,14)15/h2-3H,1H3,(H3,16,17)(H,18,20). The van der Waals surface area contributed by atoms with Gasteiger partial charge in [0.25, 0.3) is 0 Å². The summed E-state index contributed by atoms with van der Waals surface area (Å²) in [6.45, 7) is 0. The molecule has 11 heteroatoms. The van der Waals surface area contributed by atoms with Gasteiger partial charge in [0.15, 0.2) is 0 Å². The van der Waals surface area contributed by atoms with Gasteiger partial charge < -0.3 is 15.8 Å². The Kier molecular flexibility index (Phi) is 5.13. The van der Waals surface area contributed by atoms with E-state index in [1.54, 1.807) is 0 Å². The molecule has 2 amide bonds. The Labute approximate surface area is 127 Å². The third kappa shape index (κ3) is 4.30. The van der Waals surface area contributed by atoms with Crippen LogP contribution in [0.4, 0.5) is 23.7 Å². The Morgan fingerprint density at radius 1 is 1.38 bits per heavy atom. The van der Waals surface area contributed by atoms with E-state index in [0.29, 0.717) is 4.90 Å². The first-order valence-electron chi connectivity index (χ1n) is 5.17. The van der Waals surface area contributed by atoms with E-state index >= 15 is 0 Å². The quantitative estimate of drug-likeness (QED) is 0.569. The number of anilines is 1. The van der Waals surface area contributed by atoms with Crippen LogP contribution in [0, 0.1) is 5.41 Å². The molecule has 0 radical (unpaired) electrons. The van der Waals surface area contributed by atoms with Crippen molar-refractivity contribution in [2.24, 2.45) is 5.73 Å². The molecular weight excluding hydrogens is 336 g/mol. The first kappa shape index (κ1) is 17.2. The zero-order chi connectivity index (χ0) is 16.4. The summed E-state index contributed by atoms with van der Waals surface area (Å²) in [6.07, 6.45) is -4.92. The van der Waals surface area contributed by atoms with Crippen LogP contribution in [-0.4, -0.2) is 25.4 Å². The lowest BCUT2D eigenvalue weighted by Crippen LogP contribution is -2.46. The number of hydrogen-bond acceptors (Lipinski definition) is 3. The molecular formula is C10H9Cl2F3N4O2. The topological polar surface area (TPSA) is 91.4 Å². The predicted octanol–water partition coefficient (Wildman–Crippen LogP) is 2.93. The summed E-state index contributed by atoms with van der Waals surface area (Å²) in [4.78, 5) is 12.2. The van der Waals surface area contributed by atoms with Crippen molar-refractivity contribution in [3.05, 3.63) is 22.2 Å². The summed E-state index contributed by atoms with van der Waals surface area (Å²) < 4.78 is 40.1. The summed E-state index contributed by atoms with van der Waals surface area (Å²) in [6, 6.07) is 0.764. The van der Waals surface area contributed by atoms with Crippen molar-refractivity contribution in [2.45, 2.75) is 6.36 Å². The van der Waals surface area contributed by atoms with Gasteiger partial charge in [0.05, 0.1) is 15.7 Å². The number of hydrogen-bond donors (Lipinski definition) is 3. The number of carbonyl (C=O) groups excluding carboxylic acids is 1. The van der Waals surface area contributed by atoms with E-state index in [4.69, 9.17) is 34.3 Å². The predicted molar refractivity (Wildman–Crippen MR) is 72.0 cm³/mol. The molecule has 1 aromatic carbocycles. The molecule has 0 aromatic heterocycles. The lowest BCUT2D eigenvalue weighted by molar-refractivity contribution is -0.274. The van der Waals surface area contributed by atoms with Crippen molar-refractivity contribution in [1.82, 2.24) is 5.32 Å². The highest BCUT2D eigenvalue weighted by Crippen LogP contribution is 2.39. The molecule has 0 atom stereocenters. The number of halogens is 5. The molecule has 1 rings (SSSR count). The second-order valence-electron chi connectivity index (χ2n) is 3.56. The average Bonchev–Trinajstić information content (AvgIpc) is 2.30. The van der Waals surface area contributed by atoms with E-state index in [9.17, 15) is 18.0 Å². The van der Waals surface area contributed by atoms with E-state index in [1.165, 1.54) is 7.05 Å². The fourth-order valence-electron chi connectivity index (χ4n) is 1.39. The number of urea groups is 1. The molecule has 6 nitrogen and oxygen atoms in total. The minimum absolute atomic E-state index is 0.236. The minimum Gasteiger partial charge on any atom is -0.406 e. The molecule has 0 aliphatic carbocycles. The largest absolute Gasteiger partial charge is 0.573 e. The van der Waals surface area contributed by atoms with Gasteiger partial charge in [-0.1, -0.05) is 23.2 Å². The lowest BCUT2D eigenvalue weighted by Gasteiger charge is -2.23. The zero-order valence-electron chi connectivity index (χ0n) is 10.4. The maximum atomic E-state index is 12.1. The van der Waals surface area contributed by atoms with Gasteiger partial charge in [-0.25, -0.2) is 9.69 Å². The molecule has 0 saturated heterocycles. The van der Waals surface area contributed by atoms with E-state index in [1.807, 2.05) is 0 Å². The van der Waals surface area contributed by atoms with Crippen LogP contribution in [0.2, 0.25) is 10.0 Å². The zero-order valence-corrected chi connectivity index (χ0v) is 11.9. The number of nitrogens with two attached hydrogens (primary N) is 1. The summed E-state index contributed by atoms with van der Waals surface area (Å²) in [5.41, 5.74) is 5.01. The number of carbonyl (C=O) groups is 1. The smallest absolute Gasteiger partial charge is 0.406 e. The van der Waals surface area contributed by atoms with Crippen molar-refractivity contribution >= 4 is 40.9 Å². The molecule has 116 valence electrons. The summed E-state index contributed by atoms with van der Waals surface area (Å²) >= 11 is 11.6. The van der Waals surface area contributed by atoms with E-state index in [-0.39, 0.29) is 15.7 Å². The molecule has 0 fully saturated rings. The maximum absolute atomic E-state index is 12.1. The first-order chi connectivity index (χ1) is 9.56. The number of ether oxygens (including phenoxy) is 1. The summed E-state index contributed by atoms with van der Waals surface area (Å²) in [5, 5.41) is 8.82. The number of guanidine groups is 1. The van der Waals surface area contributed by atoms with Crippen molar-refractivity contribution in [2.75, 3.05) is 11.9 Å². The molecule has 0 spiro atoms. The van der Waals surface area contributed by atoms with Crippen molar-refractivity contribution in [3.63, 3.8) is 0 Å². The van der Waals surface area contributed by atoms with Crippen LogP contribution in [-0.2, 0) is 0 Å². The highest BCUT2D eigenvalue weighted by molar-refractivity contribution is 6.41. The molecule has 0 bridgehead atoms.